The monoisotopic (exact) mass is 215 g/mol. The molecule has 0 aromatic heterocycles. The SMILES string of the molecule is CC1CCC(CN(CCCO)C(C)C)O1. The smallest absolute Gasteiger partial charge is 0.0706 e. The van der Waals surface area contributed by atoms with Gasteiger partial charge in [-0.3, -0.25) is 4.90 Å². The molecule has 0 aromatic carbocycles. The molecule has 0 radical (unpaired) electrons. The Morgan fingerprint density at radius 3 is 2.60 bits per heavy atom. The van der Waals surface area contributed by atoms with E-state index in [1.807, 2.05) is 0 Å². The van der Waals surface area contributed by atoms with Gasteiger partial charge in [-0.05, 0) is 40.0 Å². The topological polar surface area (TPSA) is 32.7 Å². The predicted octanol–water partition coefficient (Wildman–Crippen LogP) is 1.65. The first-order chi connectivity index (χ1) is 7.13. The number of rotatable bonds is 6. The minimum atomic E-state index is 0.283. The van der Waals surface area contributed by atoms with Crippen molar-refractivity contribution in [1.29, 1.82) is 0 Å². The van der Waals surface area contributed by atoms with Crippen LogP contribution in [-0.4, -0.2) is 48.0 Å². The molecule has 2 unspecified atom stereocenters. The first-order valence-corrected chi connectivity index (χ1v) is 6.14. The fraction of sp³-hybridized carbons (Fsp3) is 1.00. The predicted molar refractivity (Wildman–Crippen MR) is 62.0 cm³/mol. The van der Waals surface area contributed by atoms with E-state index in [1.165, 1.54) is 12.8 Å². The van der Waals surface area contributed by atoms with Crippen LogP contribution in [0.1, 0.15) is 40.0 Å². The third-order valence-corrected chi connectivity index (χ3v) is 3.09. The third kappa shape index (κ3) is 4.49. The quantitative estimate of drug-likeness (QED) is 0.731. The van der Waals surface area contributed by atoms with Crippen molar-refractivity contribution in [2.75, 3.05) is 19.7 Å². The van der Waals surface area contributed by atoms with Crippen LogP contribution in [0.4, 0.5) is 0 Å². The lowest BCUT2D eigenvalue weighted by Crippen LogP contribution is -2.38. The second-order valence-corrected chi connectivity index (χ2v) is 4.81. The molecule has 90 valence electrons. The van der Waals surface area contributed by atoms with Crippen molar-refractivity contribution in [3.63, 3.8) is 0 Å². The minimum absolute atomic E-state index is 0.283. The Hall–Kier alpha value is -0.120. The summed E-state index contributed by atoms with van der Waals surface area (Å²) in [6, 6.07) is 0.538. The summed E-state index contributed by atoms with van der Waals surface area (Å²) in [7, 11) is 0. The number of hydrogen-bond acceptors (Lipinski definition) is 3. The van der Waals surface area contributed by atoms with Gasteiger partial charge in [0.2, 0.25) is 0 Å². The van der Waals surface area contributed by atoms with E-state index in [1.54, 1.807) is 0 Å². The molecule has 1 rings (SSSR count). The number of hydrogen-bond donors (Lipinski definition) is 1. The first kappa shape index (κ1) is 12.9. The summed E-state index contributed by atoms with van der Waals surface area (Å²) in [5.74, 6) is 0. The van der Waals surface area contributed by atoms with Crippen molar-refractivity contribution in [3.8, 4) is 0 Å². The van der Waals surface area contributed by atoms with Gasteiger partial charge in [-0.1, -0.05) is 0 Å². The summed E-state index contributed by atoms with van der Waals surface area (Å²) in [5.41, 5.74) is 0. The zero-order chi connectivity index (χ0) is 11.3. The molecule has 15 heavy (non-hydrogen) atoms. The molecule has 1 fully saturated rings. The van der Waals surface area contributed by atoms with Crippen molar-refractivity contribution < 1.29 is 9.84 Å². The van der Waals surface area contributed by atoms with Gasteiger partial charge in [0.05, 0.1) is 12.2 Å². The van der Waals surface area contributed by atoms with Gasteiger partial charge in [-0.2, -0.15) is 0 Å². The molecule has 0 spiro atoms. The van der Waals surface area contributed by atoms with Crippen molar-refractivity contribution in [2.24, 2.45) is 0 Å². The lowest BCUT2D eigenvalue weighted by atomic mass is 10.2. The van der Waals surface area contributed by atoms with Crippen molar-refractivity contribution in [1.82, 2.24) is 4.90 Å². The average molecular weight is 215 g/mol. The van der Waals surface area contributed by atoms with E-state index >= 15 is 0 Å². The summed E-state index contributed by atoms with van der Waals surface area (Å²) in [6.07, 6.45) is 4.07. The van der Waals surface area contributed by atoms with Crippen LogP contribution in [0.5, 0.6) is 0 Å². The van der Waals surface area contributed by atoms with E-state index in [4.69, 9.17) is 9.84 Å². The third-order valence-electron chi connectivity index (χ3n) is 3.09. The van der Waals surface area contributed by atoms with Crippen LogP contribution in [0.3, 0.4) is 0 Å². The van der Waals surface area contributed by atoms with E-state index < -0.39 is 0 Å². The van der Waals surface area contributed by atoms with Gasteiger partial charge < -0.3 is 9.84 Å². The van der Waals surface area contributed by atoms with Crippen molar-refractivity contribution in [3.05, 3.63) is 0 Å². The van der Waals surface area contributed by atoms with Gasteiger partial charge in [0.25, 0.3) is 0 Å². The fourth-order valence-electron chi connectivity index (χ4n) is 2.12. The molecular formula is C12H25NO2. The van der Waals surface area contributed by atoms with E-state index in [0.29, 0.717) is 18.2 Å². The maximum atomic E-state index is 8.84. The summed E-state index contributed by atoms with van der Waals surface area (Å²) in [5, 5.41) is 8.84. The number of aliphatic hydroxyl groups is 1. The van der Waals surface area contributed by atoms with E-state index in [0.717, 1.165) is 19.5 Å². The average Bonchev–Trinajstić information content (AvgIpc) is 2.58. The van der Waals surface area contributed by atoms with Gasteiger partial charge >= 0.3 is 0 Å². The van der Waals surface area contributed by atoms with Crippen LogP contribution < -0.4 is 0 Å². The van der Waals surface area contributed by atoms with E-state index in [-0.39, 0.29) is 6.61 Å². The van der Waals surface area contributed by atoms with E-state index in [9.17, 15) is 0 Å². The maximum absolute atomic E-state index is 8.84. The highest BCUT2D eigenvalue weighted by Crippen LogP contribution is 2.20. The Labute approximate surface area is 93.4 Å². The Morgan fingerprint density at radius 1 is 1.40 bits per heavy atom. The molecule has 3 nitrogen and oxygen atoms in total. The second kappa shape index (κ2) is 6.46. The largest absolute Gasteiger partial charge is 0.396 e. The Morgan fingerprint density at radius 2 is 2.13 bits per heavy atom. The van der Waals surface area contributed by atoms with Crippen LogP contribution in [0.25, 0.3) is 0 Å². The molecule has 3 heteroatoms. The molecular weight excluding hydrogens is 190 g/mol. The highest BCUT2D eigenvalue weighted by Gasteiger charge is 2.24. The van der Waals surface area contributed by atoms with Crippen LogP contribution in [0.15, 0.2) is 0 Å². The molecule has 0 saturated carbocycles. The number of aliphatic hydroxyl groups excluding tert-OH is 1. The van der Waals surface area contributed by atoms with Gasteiger partial charge in [0, 0.05) is 25.7 Å². The van der Waals surface area contributed by atoms with Gasteiger partial charge in [-0.25, -0.2) is 0 Å². The molecule has 1 heterocycles. The molecule has 1 saturated heterocycles. The maximum Gasteiger partial charge on any atom is 0.0706 e. The zero-order valence-electron chi connectivity index (χ0n) is 10.3. The summed E-state index contributed by atoms with van der Waals surface area (Å²) in [6.45, 7) is 8.83. The molecule has 0 aromatic rings. The molecule has 2 atom stereocenters. The molecule has 1 aliphatic heterocycles. The van der Waals surface area contributed by atoms with Gasteiger partial charge in [-0.15, -0.1) is 0 Å². The van der Waals surface area contributed by atoms with Crippen LogP contribution >= 0.6 is 0 Å². The second-order valence-electron chi connectivity index (χ2n) is 4.81. The Bertz CT molecular complexity index is 173. The molecule has 0 amide bonds. The molecule has 1 N–H and O–H groups in total. The fourth-order valence-corrected chi connectivity index (χ4v) is 2.12. The van der Waals surface area contributed by atoms with Crippen LogP contribution in [0, 0.1) is 0 Å². The number of ether oxygens (including phenoxy) is 1. The van der Waals surface area contributed by atoms with Gasteiger partial charge in [0.1, 0.15) is 0 Å². The Kier molecular flexibility index (Phi) is 5.58. The van der Waals surface area contributed by atoms with Gasteiger partial charge in [0.15, 0.2) is 0 Å². The summed E-state index contributed by atoms with van der Waals surface area (Å²) < 4.78 is 5.82. The highest BCUT2D eigenvalue weighted by atomic mass is 16.5. The molecule has 0 bridgehead atoms. The first-order valence-electron chi connectivity index (χ1n) is 6.14. The van der Waals surface area contributed by atoms with Crippen LogP contribution in [0.2, 0.25) is 0 Å². The zero-order valence-corrected chi connectivity index (χ0v) is 10.3. The van der Waals surface area contributed by atoms with Crippen molar-refractivity contribution >= 4 is 0 Å². The van der Waals surface area contributed by atoms with Crippen molar-refractivity contribution in [2.45, 2.75) is 58.3 Å². The minimum Gasteiger partial charge on any atom is -0.396 e. The number of nitrogens with zero attached hydrogens (tertiary/aromatic N) is 1. The summed E-state index contributed by atoms with van der Waals surface area (Å²) in [4.78, 5) is 2.40. The lowest BCUT2D eigenvalue weighted by molar-refractivity contribution is 0.0233. The lowest BCUT2D eigenvalue weighted by Gasteiger charge is -2.28. The molecule has 0 aliphatic carbocycles. The van der Waals surface area contributed by atoms with Crippen LogP contribution in [-0.2, 0) is 4.74 Å². The Balaban J connectivity index is 2.30. The standard InChI is InChI=1S/C12H25NO2/c1-10(2)13(7-4-8-14)9-12-6-5-11(3)15-12/h10-12,14H,4-9H2,1-3H3. The van der Waals surface area contributed by atoms with E-state index in [2.05, 4.69) is 25.7 Å². The normalized spacial score (nSPS) is 26.8. The summed E-state index contributed by atoms with van der Waals surface area (Å²) >= 11 is 0. The molecule has 1 aliphatic rings. The highest BCUT2D eigenvalue weighted by molar-refractivity contribution is 4.75.